The van der Waals surface area contributed by atoms with Crippen molar-refractivity contribution in [2.24, 2.45) is 0 Å². The summed E-state index contributed by atoms with van der Waals surface area (Å²) in [6, 6.07) is 0. The number of methoxy groups -OCH3 is 1. The molecule has 0 bridgehead atoms. The third kappa shape index (κ3) is 8.38. The minimum Gasteiger partial charge on any atom is -0.500 e. The topological polar surface area (TPSA) is 58.6 Å². The summed E-state index contributed by atoms with van der Waals surface area (Å²) in [6.45, 7) is 3.83. The van der Waals surface area contributed by atoms with Crippen LogP contribution in [0.3, 0.4) is 0 Å². The first-order chi connectivity index (χ1) is 7.60. The Morgan fingerprint density at radius 3 is 2.94 bits per heavy atom. The minimum absolute atomic E-state index is 0.0417. The van der Waals surface area contributed by atoms with E-state index < -0.39 is 6.10 Å². The molecule has 5 heteroatoms. The number of aliphatic hydroxyl groups is 1. The molecule has 0 spiro atoms. The van der Waals surface area contributed by atoms with E-state index >= 15 is 0 Å². The highest BCUT2D eigenvalue weighted by Gasteiger charge is 2.07. The lowest BCUT2D eigenvalue weighted by molar-refractivity contribution is -0.122. The molecule has 0 heterocycles. The number of aliphatic hydroxyl groups excluding tert-OH is 1. The van der Waals surface area contributed by atoms with Crippen molar-refractivity contribution in [1.29, 1.82) is 0 Å². The van der Waals surface area contributed by atoms with Gasteiger partial charge in [-0.2, -0.15) is 12.6 Å². The molecule has 0 aliphatic heterocycles. The van der Waals surface area contributed by atoms with Crippen molar-refractivity contribution >= 4 is 18.5 Å². The molecule has 1 atom stereocenters. The van der Waals surface area contributed by atoms with Crippen LogP contribution in [-0.2, 0) is 9.53 Å². The highest BCUT2D eigenvalue weighted by Crippen LogP contribution is 1.97. The largest absolute Gasteiger partial charge is 0.500 e. The van der Waals surface area contributed by atoms with E-state index in [1.165, 1.54) is 7.11 Å². The number of nitrogens with one attached hydrogen (secondary N) is 1. The predicted molar refractivity (Wildman–Crippen MR) is 67.4 cm³/mol. The van der Waals surface area contributed by atoms with Crippen LogP contribution in [0, 0.1) is 0 Å². The molecular weight excluding hydrogens is 226 g/mol. The van der Waals surface area contributed by atoms with Gasteiger partial charge in [0, 0.05) is 0 Å². The molecule has 0 aliphatic carbocycles. The Hall–Kier alpha value is -0.940. The van der Waals surface area contributed by atoms with Gasteiger partial charge in [-0.05, 0) is 12.2 Å². The molecule has 0 aromatic heterocycles. The highest BCUT2D eigenvalue weighted by molar-refractivity contribution is 7.80. The van der Waals surface area contributed by atoms with Crippen LogP contribution >= 0.6 is 12.6 Å². The van der Waals surface area contributed by atoms with Gasteiger partial charge in [0.05, 0.1) is 26.2 Å². The second kappa shape index (κ2) is 9.30. The SMILES string of the molecule is C=C(CNC(=O)CC(O)/C=C/CCS)OC. The summed E-state index contributed by atoms with van der Waals surface area (Å²) < 4.78 is 4.79. The van der Waals surface area contributed by atoms with Crippen molar-refractivity contribution in [2.75, 3.05) is 19.4 Å². The van der Waals surface area contributed by atoms with Gasteiger partial charge in [0.1, 0.15) is 5.76 Å². The average Bonchev–Trinajstić information content (AvgIpc) is 2.26. The molecule has 0 aromatic rings. The molecule has 1 amide bonds. The summed E-state index contributed by atoms with van der Waals surface area (Å²) in [7, 11) is 1.49. The lowest BCUT2D eigenvalue weighted by Crippen LogP contribution is -2.28. The summed E-state index contributed by atoms with van der Waals surface area (Å²) >= 11 is 4.02. The lowest BCUT2D eigenvalue weighted by atomic mass is 10.2. The van der Waals surface area contributed by atoms with E-state index in [-0.39, 0.29) is 18.9 Å². The number of hydrogen-bond acceptors (Lipinski definition) is 4. The van der Waals surface area contributed by atoms with Crippen LogP contribution in [0.4, 0.5) is 0 Å². The summed E-state index contributed by atoms with van der Waals surface area (Å²) in [6.07, 6.45) is 3.47. The fraction of sp³-hybridized carbons (Fsp3) is 0.545. The zero-order chi connectivity index (χ0) is 12.4. The molecule has 0 radical (unpaired) electrons. The van der Waals surface area contributed by atoms with Gasteiger partial charge in [-0.15, -0.1) is 0 Å². The second-order valence-electron chi connectivity index (χ2n) is 3.23. The predicted octanol–water partition coefficient (Wildman–Crippen LogP) is 0.890. The molecule has 0 saturated carbocycles. The Morgan fingerprint density at radius 1 is 1.69 bits per heavy atom. The molecule has 0 aliphatic rings. The number of amides is 1. The number of rotatable bonds is 8. The zero-order valence-electron chi connectivity index (χ0n) is 9.48. The molecule has 2 N–H and O–H groups in total. The lowest BCUT2D eigenvalue weighted by Gasteiger charge is -2.08. The van der Waals surface area contributed by atoms with Crippen LogP contribution in [0.1, 0.15) is 12.8 Å². The van der Waals surface area contributed by atoms with Gasteiger partial charge >= 0.3 is 0 Å². The third-order valence-corrected chi connectivity index (χ3v) is 2.08. The Bertz CT molecular complexity index is 254. The molecule has 0 rings (SSSR count). The summed E-state index contributed by atoms with van der Waals surface area (Å²) in [5, 5.41) is 12.0. The van der Waals surface area contributed by atoms with Crippen molar-refractivity contribution in [2.45, 2.75) is 18.9 Å². The van der Waals surface area contributed by atoms with E-state index in [0.717, 1.165) is 12.2 Å². The summed E-state index contributed by atoms with van der Waals surface area (Å²) in [5.74, 6) is 0.970. The Morgan fingerprint density at radius 2 is 2.38 bits per heavy atom. The van der Waals surface area contributed by atoms with Gasteiger partial charge in [-0.1, -0.05) is 18.7 Å². The van der Waals surface area contributed by atoms with Crippen LogP contribution in [0.15, 0.2) is 24.5 Å². The first-order valence-electron chi connectivity index (χ1n) is 5.04. The maximum Gasteiger partial charge on any atom is 0.223 e. The van der Waals surface area contributed by atoms with E-state index in [2.05, 4.69) is 24.5 Å². The second-order valence-corrected chi connectivity index (χ2v) is 3.68. The summed E-state index contributed by atoms with van der Waals surface area (Å²) in [5.41, 5.74) is 0. The van der Waals surface area contributed by atoms with Crippen LogP contribution in [-0.4, -0.2) is 36.5 Å². The molecule has 0 fully saturated rings. The number of hydrogen-bond donors (Lipinski definition) is 3. The average molecular weight is 245 g/mol. The molecule has 0 aromatic carbocycles. The van der Waals surface area contributed by atoms with Gasteiger partial charge in [-0.25, -0.2) is 0 Å². The molecule has 16 heavy (non-hydrogen) atoms. The molecule has 1 unspecified atom stereocenters. The Balaban J connectivity index is 3.73. The number of carbonyl (C=O) groups excluding carboxylic acids is 1. The van der Waals surface area contributed by atoms with Gasteiger partial charge in [0.15, 0.2) is 0 Å². The normalized spacial score (nSPS) is 12.4. The Labute approximate surface area is 102 Å². The quantitative estimate of drug-likeness (QED) is 0.338. The van der Waals surface area contributed by atoms with E-state index in [0.29, 0.717) is 5.76 Å². The number of allylic oxidation sites excluding steroid dienone is 1. The van der Waals surface area contributed by atoms with Crippen LogP contribution in [0.5, 0.6) is 0 Å². The standard InChI is InChI=1S/C11H19NO3S/c1-9(15-2)8-12-11(14)7-10(13)5-3-4-6-16/h3,5,10,13,16H,1,4,6-8H2,2H3,(H,12,14)/b5-3+. The van der Waals surface area contributed by atoms with Crippen LogP contribution < -0.4 is 5.32 Å². The fourth-order valence-electron chi connectivity index (χ4n) is 0.927. The van der Waals surface area contributed by atoms with Crippen molar-refractivity contribution in [3.8, 4) is 0 Å². The van der Waals surface area contributed by atoms with Crippen LogP contribution in [0.2, 0.25) is 0 Å². The van der Waals surface area contributed by atoms with Gasteiger partial charge in [-0.3, -0.25) is 4.79 Å². The monoisotopic (exact) mass is 245 g/mol. The van der Waals surface area contributed by atoms with Gasteiger partial charge in [0.25, 0.3) is 0 Å². The highest BCUT2D eigenvalue weighted by atomic mass is 32.1. The van der Waals surface area contributed by atoms with E-state index in [1.54, 1.807) is 12.2 Å². The van der Waals surface area contributed by atoms with E-state index in [1.807, 2.05) is 0 Å². The maximum atomic E-state index is 11.3. The molecule has 4 nitrogen and oxygen atoms in total. The van der Waals surface area contributed by atoms with E-state index in [4.69, 9.17) is 4.74 Å². The van der Waals surface area contributed by atoms with Crippen molar-refractivity contribution in [3.63, 3.8) is 0 Å². The summed E-state index contributed by atoms with van der Waals surface area (Å²) in [4.78, 5) is 11.3. The fourth-order valence-corrected chi connectivity index (χ4v) is 1.08. The number of ether oxygens (including phenoxy) is 1. The van der Waals surface area contributed by atoms with Crippen molar-refractivity contribution in [1.82, 2.24) is 5.32 Å². The molecule has 92 valence electrons. The Kier molecular flexibility index (Phi) is 8.75. The molecule has 0 saturated heterocycles. The van der Waals surface area contributed by atoms with Gasteiger partial charge in [0.2, 0.25) is 5.91 Å². The number of carbonyl (C=O) groups is 1. The third-order valence-electron chi connectivity index (χ3n) is 1.82. The first kappa shape index (κ1) is 15.1. The van der Waals surface area contributed by atoms with Crippen molar-refractivity contribution < 1.29 is 14.6 Å². The minimum atomic E-state index is -0.754. The van der Waals surface area contributed by atoms with Crippen molar-refractivity contribution in [3.05, 3.63) is 24.5 Å². The zero-order valence-corrected chi connectivity index (χ0v) is 10.4. The maximum absolute atomic E-state index is 11.3. The first-order valence-corrected chi connectivity index (χ1v) is 5.67. The van der Waals surface area contributed by atoms with Gasteiger partial charge < -0.3 is 15.2 Å². The van der Waals surface area contributed by atoms with Crippen LogP contribution in [0.25, 0.3) is 0 Å². The van der Waals surface area contributed by atoms with E-state index in [9.17, 15) is 9.90 Å². The number of thiol groups is 1. The molecular formula is C11H19NO3S. The smallest absolute Gasteiger partial charge is 0.223 e.